The van der Waals surface area contributed by atoms with Crippen LogP contribution in [0.15, 0.2) is 0 Å². The number of unbranched alkanes of at least 4 members (excludes halogenated alkanes) is 1. The van der Waals surface area contributed by atoms with Gasteiger partial charge in [-0.1, -0.05) is 6.92 Å². The summed E-state index contributed by atoms with van der Waals surface area (Å²) in [5, 5.41) is 3.39. The molecular weight excluding hydrogens is 212 g/mol. The summed E-state index contributed by atoms with van der Waals surface area (Å²) < 4.78 is 5.21. The molecule has 17 heavy (non-hydrogen) atoms. The highest BCUT2D eigenvalue weighted by atomic mass is 16.5. The second-order valence-corrected chi connectivity index (χ2v) is 5.17. The first kappa shape index (κ1) is 14.9. The van der Waals surface area contributed by atoms with Crippen LogP contribution in [-0.4, -0.2) is 50.8 Å². The third-order valence-corrected chi connectivity index (χ3v) is 3.76. The number of hydrogen-bond donors (Lipinski definition) is 1. The highest BCUT2D eigenvalue weighted by Crippen LogP contribution is 2.35. The summed E-state index contributed by atoms with van der Waals surface area (Å²) >= 11 is 0. The van der Waals surface area contributed by atoms with Gasteiger partial charge in [-0.25, -0.2) is 0 Å². The Balaban J connectivity index is 2.15. The van der Waals surface area contributed by atoms with Gasteiger partial charge in [-0.2, -0.15) is 0 Å². The average molecular weight is 242 g/mol. The van der Waals surface area contributed by atoms with E-state index in [1.165, 1.54) is 32.2 Å². The van der Waals surface area contributed by atoms with Gasteiger partial charge >= 0.3 is 0 Å². The summed E-state index contributed by atoms with van der Waals surface area (Å²) in [6, 6.07) is 0.754. The number of nitrogens with zero attached hydrogens (tertiary/aromatic N) is 1. The zero-order valence-electron chi connectivity index (χ0n) is 11.9. The van der Waals surface area contributed by atoms with Crippen LogP contribution >= 0.6 is 0 Å². The van der Waals surface area contributed by atoms with Crippen LogP contribution in [-0.2, 0) is 4.74 Å². The van der Waals surface area contributed by atoms with Crippen LogP contribution in [0.4, 0.5) is 0 Å². The van der Waals surface area contributed by atoms with Crippen molar-refractivity contribution in [1.29, 1.82) is 0 Å². The van der Waals surface area contributed by atoms with Gasteiger partial charge in [0.2, 0.25) is 0 Å². The molecule has 1 N–H and O–H groups in total. The van der Waals surface area contributed by atoms with E-state index in [0.717, 1.165) is 38.2 Å². The Labute approximate surface area is 107 Å². The zero-order chi connectivity index (χ0) is 12.5. The first-order valence-electron chi connectivity index (χ1n) is 7.23. The largest absolute Gasteiger partial charge is 0.383 e. The Hall–Kier alpha value is -0.120. The predicted octanol–water partition coefficient (Wildman–Crippen LogP) is 2.12. The Morgan fingerprint density at radius 2 is 2.06 bits per heavy atom. The van der Waals surface area contributed by atoms with E-state index in [1.54, 1.807) is 7.11 Å². The molecule has 1 aliphatic carbocycles. The maximum absolute atomic E-state index is 5.21. The molecule has 0 aromatic rings. The summed E-state index contributed by atoms with van der Waals surface area (Å²) in [5.41, 5.74) is 0. The molecule has 1 fully saturated rings. The lowest BCUT2D eigenvalue weighted by Gasteiger charge is -2.29. The van der Waals surface area contributed by atoms with Gasteiger partial charge in [-0.15, -0.1) is 0 Å². The van der Waals surface area contributed by atoms with Gasteiger partial charge in [0, 0.05) is 19.7 Å². The second-order valence-electron chi connectivity index (χ2n) is 5.17. The lowest BCUT2D eigenvalue weighted by atomic mass is 10.1. The molecule has 102 valence electrons. The van der Waals surface area contributed by atoms with Crippen molar-refractivity contribution in [2.45, 2.75) is 45.6 Å². The highest BCUT2D eigenvalue weighted by molar-refractivity contribution is 4.85. The molecule has 1 aliphatic rings. The van der Waals surface area contributed by atoms with Gasteiger partial charge in [0.1, 0.15) is 0 Å². The van der Waals surface area contributed by atoms with E-state index in [1.807, 2.05) is 0 Å². The lowest BCUT2D eigenvalue weighted by Crippen LogP contribution is -2.38. The second kappa shape index (κ2) is 8.90. The molecule has 0 radical (unpaired) electrons. The molecule has 0 bridgehead atoms. The van der Waals surface area contributed by atoms with Gasteiger partial charge in [-0.05, 0) is 58.2 Å². The summed E-state index contributed by atoms with van der Waals surface area (Å²) in [4.78, 5) is 2.62. The normalized spacial score (nSPS) is 17.6. The molecule has 0 aromatic carbocycles. The zero-order valence-corrected chi connectivity index (χ0v) is 11.9. The fraction of sp³-hybridized carbons (Fsp3) is 1.00. The van der Waals surface area contributed by atoms with Crippen LogP contribution in [0.1, 0.15) is 39.5 Å². The van der Waals surface area contributed by atoms with E-state index in [9.17, 15) is 0 Å². The van der Waals surface area contributed by atoms with Gasteiger partial charge in [-0.3, -0.25) is 4.90 Å². The molecule has 1 rings (SSSR count). The molecule has 0 heterocycles. The number of methoxy groups -OCH3 is 1. The molecule has 0 aromatic heterocycles. The van der Waals surface area contributed by atoms with E-state index in [4.69, 9.17) is 4.74 Å². The Morgan fingerprint density at radius 3 is 2.65 bits per heavy atom. The molecule has 1 atom stereocenters. The minimum atomic E-state index is 0.754. The molecule has 0 spiro atoms. The summed E-state index contributed by atoms with van der Waals surface area (Å²) in [6.45, 7) is 9.99. The SMILES string of the molecule is CCNCCCCN(CCOC)C(C)C1CC1. The Bertz CT molecular complexity index is 183. The molecule has 1 unspecified atom stereocenters. The third-order valence-electron chi connectivity index (χ3n) is 3.76. The van der Waals surface area contributed by atoms with Crippen molar-refractivity contribution in [3.8, 4) is 0 Å². The van der Waals surface area contributed by atoms with Crippen LogP contribution in [0, 0.1) is 5.92 Å². The van der Waals surface area contributed by atoms with Crippen molar-refractivity contribution < 1.29 is 4.74 Å². The van der Waals surface area contributed by atoms with E-state index in [-0.39, 0.29) is 0 Å². The molecule has 1 saturated carbocycles. The third kappa shape index (κ3) is 6.39. The topological polar surface area (TPSA) is 24.5 Å². The molecule has 0 saturated heterocycles. The van der Waals surface area contributed by atoms with Crippen LogP contribution in [0.2, 0.25) is 0 Å². The van der Waals surface area contributed by atoms with E-state index >= 15 is 0 Å². The standard InChI is InChI=1S/C14H30N2O/c1-4-15-9-5-6-10-16(11-12-17-3)13(2)14-7-8-14/h13-15H,4-12H2,1-3H3. The Morgan fingerprint density at radius 1 is 1.29 bits per heavy atom. The lowest BCUT2D eigenvalue weighted by molar-refractivity contribution is 0.115. The van der Waals surface area contributed by atoms with Gasteiger partial charge in [0.25, 0.3) is 0 Å². The summed E-state index contributed by atoms with van der Waals surface area (Å²) in [5.74, 6) is 0.959. The summed E-state index contributed by atoms with van der Waals surface area (Å²) in [7, 11) is 1.80. The van der Waals surface area contributed by atoms with Crippen molar-refractivity contribution in [3.63, 3.8) is 0 Å². The Kier molecular flexibility index (Phi) is 7.82. The number of ether oxygens (including phenoxy) is 1. The molecule has 3 nitrogen and oxygen atoms in total. The number of rotatable bonds is 11. The minimum Gasteiger partial charge on any atom is -0.383 e. The van der Waals surface area contributed by atoms with Crippen LogP contribution in [0.25, 0.3) is 0 Å². The number of hydrogen-bond acceptors (Lipinski definition) is 3. The maximum Gasteiger partial charge on any atom is 0.0589 e. The minimum absolute atomic E-state index is 0.754. The smallest absolute Gasteiger partial charge is 0.0589 e. The predicted molar refractivity (Wildman–Crippen MR) is 73.4 cm³/mol. The van der Waals surface area contributed by atoms with Crippen molar-refractivity contribution in [2.24, 2.45) is 5.92 Å². The van der Waals surface area contributed by atoms with Gasteiger partial charge in [0.05, 0.1) is 6.61 Å². The van der Waals surface area contributed by atoms with Crippen molar-refractivity contribution in [2.75, 3.05) is 39.9 Å². The average Bonchev–Trinajstić information content (AvgIpc) is 3.16. The van der Waals surface area contributed by atoms with Crippen LogP contribution in [0.5, 0.6) is 0 Å². The fourth-order valence-corrected chi connectivity index (χ4v) is 2.35. The molecule has 0 amide bonds. The van der Waals surface area contributed by atoms with E-state index in [2.05, 4.69) is 24.1 Å². The summed E-state index contributed by atoms with van der Waals surface area (Å²) in [6.07, 6.45) is 5.45. The molecule has 3 heteroatoms. The van der Waals surface area contributed by atoms with Crippen molar-refractivity contribution >= 4 is 0 Å². The van der Waals surface area contributed by atoms with Gasteiger partial charge in [0.15, 0.2) is 0 Å². The maximum atomic E-state index is 5.21. The van der Waals surface area contributed by atoms with Gasteiger partial charge < -0.3 is 10.1 Å². The molecular formula is C14H30N2O. The first-order valence-corrected chi connectivity index (χ1v) is 7.23. The quantitative estimate of drug-likeness (QED) is 0.562. The number of nitrogens with one attached hydrogen (secondary N) is 1. The monoisotopic (exact) mass is 242 g/mol. The van der Waals surface area contributed by atoms with Crippen molar-refractivity contribution in [1.82, 2.24) is 10.2 Å². The van der Waals surface area contributed by atoms with Crippen LogP contribution in [0.3, 0.4) is 0 Å². The molecule has 0 aliphatic heterocycles. The highest BCUT2D eigenvalue weighted by Gasteiger charge is 2.31. The first-order chi connectivity index (χ1) is 8.29. The fourth-order valence-electron chi connectivity index (χ4n) is 2.35. The van der Waals surface area contributed by atoms with Crippen LogP contribution < -0.4 is 5.32 Å². The van der Waals surface area contributed by atoms with E-state index < -0.39 is 0 Å². The van der Waals surface area contributed by atoms with E-state index in [0.29, 0.717) is 0 Å². The van der Waals surface area contributed by atoms with Crippen molar-refractivity contribution in [3.05, 3.63) is 0 Å².